The van der Waals surface area contributed by atoms with Crippen LogP contribution in [0.4, 0.5) is 0 Å². The summed E-state index contributed by atoms with van der Waals surface area (Å²) in [5, 5.41) is 7.45. The molecule has 0 spiro atoms. The molecular weight excluding hydrogens is 696 g/mol. The zero-order chi connectivity index (χ0) is 39.6. The van der Waals surface area contributed by atoms with Crippen LogP contribution in [0.25, 0.3) is 99.2 Å². The van der Waals surface area contributed by atoms with Gasteiger partial charge in [-0.1, -0.05) is 136 Å². The number of aromatic nitrogens is 2. The van der Waals surface area contributed by atoms with Gasteiger partial charge in [0.25, 0.3) is 0 Å². The number of fused-ring (bicyclic) bond motifs is 9. The van der Waals surface area contributed by atoms with Gasteiger partial charge in [-0.25, -0.2) is 0 Å². The van der Waals surface area contributed by atoms with Crippen LogP contribution in [0.5, 0.6) is 0 Å². The molecule has 0 N–H and O–H groups in total. The van der Waals surface area contributed by atoms with Gasteiger partial charge in [0.15, 0.2) is 5.58 Å². The quantitative estimate of drug-likeness (QED) is 0.247. The van der Waals surface area contributed by atoms with Crippen LogP contribution in [0.2, 0.25) is 0 Å². The molecule has 0 radical (unpaired) electrons. The summed E-state index contributed by atoms with van der Waals surface area (Å²) in [6, 6.07) is 50.5. The first kappa shape index (κ1) is 34.8. The molecule has 0 aliphatic rings. The summed E-state index contributed by atoms with van der Waals surface area (Å²) in [4.78, 5) is 0. The van der Waals surface area contributed by atoms with Gasteiger partial charge in [-0.2, -0.15) is 0 Å². The molecule has 3 aromatic heterocycles. The first-order valence-corrected chi connectivity index (χ1v) is 20.4. The highest BCUT2D eigenvalue weighted by Crippen LogP contribution is 2.41. The normalized spacial score (nSPS) is 11.9. The molecule has 11 aromatic rings. The zero-order valence-electron chi connectivity index (χ0n) is 34.1. The van der Waals surface area contributed by atoms with Gasteiger partial charge in [0, 0.05) is 49.2 Å². The number of benzene rings is 8. The summed E-state index contributed by atoms with van der Waals surface area (Å²) >= 11 is 0. The molecule has 266 valence electrons. The van der Waals surface area contributed by atoms with E-state index in [0.29, 0.717) is 0 Å². The van der Waals surface area contributed by atoms with Crippen LogP contribution < -0.4 is 38.2 Å². The maximum atomic E-state index is 6.75. The minimum atomic E-state index is 0.914. The van der Waals surface area contributed by atoms with Crippen LogP contribution in [-0.2, 0) is 0 Å². The Morgan fingerprint density at radius 1 is 0.397 bits per heavy atom. The molecule has 0 atom stereocenters. The van der Waals surface area contributed by atoms with E-state index >= 15 is 0 Å². The van der Waals surface area contributed by atoms with E-state index in [1.807, 2.05) is 0 Å². The van der Waals surface area contributed by atoms with Gasteiger partial charge in [-0.05, 0) is 58.5 Å². The molecule has 0 fully saturated rings. The fourth-order valence-corrected chi connectivity index (χ4v) is 10.2. The standard InChI is InChI=1S/C48H37B7N2O/c49-38-35(25-21-22-32-31(23-25)29-17-9-16-27(24-11-3-1-4-12-24)45(29)56(32)26-13-5-2-6-14-26)39(50)43(54)46-36(38)37-40(51)41(52)42(53)44(55)47(37)57(46)33-19-10-18-30-28-15-7-8-20-34(28)58-48(30)33/h1-23H,49-55H2. The largest absolute Gasteiger partial charge is 0.454 e. The van der Waals surface area contributed by atoms with Crippen molar-refractivity contribution in [1.82, 2.24) is 9.13 Å². The maximum Gasteiger partial charge on any atom is 0.159 e. The SMILES string of the molecule is Bc1c(B)c(B)c2c(c1B)c1c(B)c(-c3ccc4c(c3)c3cccc(-c5ccccc5)c3n4-c3ccccc3)c(B)c(B)c1n2-c1cccc2c1oc1ccccc12. The number of hydrogen-bond donors (Lipinski definition) is 0. The van der Waals surface area contributed by atoms with Crippen molar-refractivity contribution in [2.45, 2.75) is 0 Å². The first-order valence-electron chi connectivity index (χ1n) is 20.4. The van der Waals surface area contributed by atoms with E-state index in [-0.39, 0.29) is 0 Å². The number of para-hydroxylation sites is 4. The third-order valence-corrected chi connectivity index (χ3v) is 13.4. The molecule has 11 rings (SSSR count). The molecule has 3 nitrogen and oxygen atoms in total. The Morgan fingerprint density at radius 2 is 1.02 bits per heavy atom. The Hall–Kier alpha value is -6.39. The Bertz CT molecular complexity index is 3530. The lowest BCUT2D eigenvalue weighted by molar-refractivity contribution is 0.666. The van der Waals surface area contributed by atoms with Crippen LogP contribution in [0.3, 0.4) is 0 Å². The molecule has 3 heterocycles. The molecule has 0 saturated heterocycles. The predicted molar refractivity (Wildman–Crippen MR) is 271 cm³/mol. The van der Waals surface area contributed by atoms with Gasteiger partial charge in [0.2, 0.25) is 0 Å². The van der Waals surface area contributed by atoms with Gasteiger partial charge in [-0.3, -0.25) is 0 Å². The van der Waals surface area contributed by atoms with E-state index < -0.39 is 0 Å². The minimum Gasteiger partial charge on any atom is -0.454 e. The molecule has 10 heteroatoms. The smallest absolute Gasteiger partial charge is 0.159 e. The first-order chi connectivity index (χ1) is 28.2. The lowest BCUT2D eigenvalue weighted by atomic mass is 9.64. The number of nitrogens with zero attached hydrogens (tertiary/aromatic N) is 2. The van der Waals surface area contributed by atoms with Crippen LogP contribution >= 0.6 is 0 Å². The monoisotopic (exact) mass is 734 g/mol. The summed E-state index contributed by atoms with van der Waals surface area (Å²) in [6.07, 6.45) is 0. The molecule has 0 amide bonds. The van der Waals surface area contributed by atoms with E-state index in [9.17, 15) is 0 Å². The van der Waals surface area contributed by atoms with Crippen LogP contribution in [0.1, 0.15) is 0 Å². The third kappa shape index (κ3) is 4.72. The minimum absolute atomic E-state index is 0.914. The summed E-state index contributed by atoms with van der Waals surface area (Å²) in [5.41, 5.74) is 23.3. The number of hydrogen-bond acceptors (Lipinski definition) is 1. The summed E-state index contributed by atoms with van der Waals surface area (Å²) in [7, 11) is 16.2. The molecule has 58 heavy (non-hydrogen) atoms. The molecule has 0 saturated carbocycles. The average molecular weight is 734 g/mol. The fraction of sp³-hybridized carbons (Fsp3) is 0. The van der Waals surface area contributed by atoms with Gasteiger partial charge >= 0.3 is 0 Å². The van der Waals surface area contributed by atoms with Gasteiger partial charge in [0.1, 0.15) is 60.5 Å². The van der Waals surface area contributed by atoms with Crippen molar-refractivity contribution < 1.29 is 4.42 Å². The zero-order valence-corrected chi connectivity index (χ0v) is 34.1. The van der Waals surface area contributed by atoms with E-state index in [2.05, 4.69) is 204 Å². The second kappa shape index (κ2) is 12.8. The van der Waals surface area contributed by atoms with Crippen molar-refractivity contribution in [3.8, 4) is 33.6 Å². The average Bonchev–Trinajstić information content (AvgIpc) is 3.93. The predicted octanol–water partition coefficient (Wildman–Crippen LogP) is 0.923. The Labute approximate surface area is 343 Å². The highest BCUT2D eigenvalue weighted by Gasteiger charge is 2.27. The molecule has 0 aliphatic heterocycles. The summed E-state index contributed by atoms with van der Waals surface area (Å²) < 4.78 is 11.7. The van der Waals surface area contributed by atoms with Crippen molar-refractivity contribution in [1.29, 1.82) is 0 Å². The van der Waals surface area contributed by atoms with E-state index in [4.69, 9.17) is 4.42 Å². The van der Waals surface area contributed by atoms with Gasteiger partial charge in [0.05, 0.1) is 16.7 Å². The molecule has 0 unspecified atom stereocenters. The second-order valence-electron chi connectivity index (χ2n) is 16.3. The van der Waals surface area contributed by atoms with Gasteiger partial charge in [-0.15, -0.1) is 5.46 Å². The Kier molecular flexibility index (Phi) is 7.69. The van der Waals surface area contributed by atoms with Gasteiger partial charge < -0.3 is 13.6 Å². The summed E-state index contributed by atoms with van der Waals surface area (Å²) in [6.45, 7) is 0. The number of furan rings is 1. The lowest BCUT2D eigenvalue weighted by Crippen LogP contribution is -2.48. The topological polar surface area (TPSA) is 23.0 Å². The van der Waals surface area contributed by atoms with E-state index in [1.165, 1.54) is 104 Å². The van der Waals surface area contributed by atoms with Crippen molar-refractivity contribution in [2.75, 3.05) is 0 Å². The van der Waals surface area contributed by atoms with E-state index in [1.54, 1.807) is 0 Å². The second-order valence-corrected chi connectivity index (χ2v) is 16.3. The number of rotatable bonds is 4. The highest BCUT2D eigenvalue weighted by atomic mass is 16.3. The molecule has 0 bridgehead atoms. The summed E-state index contributed by atoms with van der Waals surface area (Å²) in [5.74, 6) is 0. The van der Waals surface area contributed by atoms with Crippen molar-refractivity contribution >= 4 is 159 Å². The van der Waals surface area contributed by atoms with Crippen molar-refractivity contribution in [3.05, 3.63) is 140 Å². The lowest BCUT2D eigenvalue weighted by Gasteiger charge is -2.19. The molecule has 8 aromatic carbocycles. The van der Waals surface area contributed by atoms with Crippen LogP contribution in [0, 0.1) is 0 Å². The van der Waals surface area contributed by atoms with Crippen LogP contribution in [-0.4, -0.2) is 64.1 Å². The molecular formula is C48H37B7N2O. The van der Waals surface area contributed by atoms with Crippen LogP contribution in [0.15, 0.2) is 144 Å². The Balaban J connectivity index is 1.25. The van der Waals surface area contributed by atoms with Crippen molar-refractivity contribution in [3.63, 3.8) is 0 Å². The third-order valence-electron chi connectivity index (χ3n) is 13.4. The highest BCUT2D eigenvalue weighted by molar-refractivity contribution is 6.69. The fourth-order valence-electron chi connectivity index (χ4n) is 10.2. The Morgan fingerprint density at radius 3 is 1.79 bits per heavy atom. The van der Waals surface area contributed by atoms with E-state index in [0.717, 1.165) is 33.3 Å². The van der Waals surface area contributed by atoms with Crippen molar-refractivity contribution in [2.24, 2.45) is 0 Å². The molecule has 0 aliphatic carbocycles. The maximum absolute atomic E-state index is 6.75.